The number of aliphatic hydroxyl groups is 3. The lowest BCUT2D eigenvalue weighted by atomic mass is 9.92. The van der Waals surface area contributed by atoms with Crippen molar-refractivity contribution in [3.05, 3.63) is 64.2 Å². The molecule has 3 rings (SSSR count). The number of halogens is 1. The number of nitrogens with zero attached hydrogens (tertiary/aromatic N) is 1. The molecule has 0 unspecified atom stereocenters. The van der Waals surface area contributed by atoms with Crippen molar-refractivity contribution in [3.8, 4) is 5.75 Å². The van der Waals surface area contributed by atoms with Crippen LogP contribution in [0.4, 0.5) is 0 Å². The van der Waals surface area contributed by atoms with Crippen molar-refractivity contribution < 1.29 is 34.4 Å². The molecule has 0 spiro atoms. The van der Waals surface area contributed by atoms with Crippen LogP contribution in [0.1, 0.15) is 22.8 Å². The Bertz CT molecular complexity index is 875. The first-order valence-electron chi connectivity index (χ1n) is 9.72. The number of aliphatic hydroxyl groups excluding tert-OH is 3. The van der Waals surface area contributed by atoms with Crippen LogP contribution in [0.25, 0.3) is 0 Å². The summed E-state index contributed by atoms with van der Waals surface area (Å²) in [5, 5.41) is 34.7. The van der Waals surface area contributed by atoms with Gasteiger partial charge < -0.3 is 34.4 Å². The Hall–Kier alpha value is -2.20. The van der Waals surface area contributed by atoms with Crippen LogP contribution < -0.4 is 4.74 Å². The quantitative estimate of drug-likeness (QED) is 0.416. The maximum Gasteiger partial charge on any atom is 0.186 e. The monoisotopic (exact) mass is 451 g/mol. The zero-order valence-corrected chi connectivity index (χ0v) is 18.0. The van der Waals surface area contributed by atoms with Gasteiger partial charge in [-0.1, -0.05) is 41.0 Å². The zero-order valence-electron chi connectivity index (χ0n) is 17.2. The summed E-state index contributed by atoms with van der Waals surface area (Å²) >= 11 is 6.39. The molecule has 31 heavy (non-hydrogen) atoms. The van der Waals surface area contributed by atoms with Crippen molar-refractivity contribution in [1.82, 2.24) is 0 Å². The van der Waals surface area contributed by atoms with Crippen LogP contribution in [0.5, 0.6) is 5.75 Å². The highest BCUT2D eigenvalue weighted by atomic mass is 35.5. The molecule has 1 fully saturated rings. The lowest BCUT2D eigenvalue weighted by molar-refractivity contribution is -0.292. The Labute approximate surface area is 185 Å². The molecule has 5 atom stereocenters. The Morgan fingerprint density at radius 2 is 1.77 bits per heavy atom. The van der Waals surface area contributed by atoms with E-state index in [4.69, 9.17) is 25.8 Å². The first kappa shape index (κ1) is 23.5. The number of hydrogen-bond acceptors (Lipinski definition) is 8. The van der Waals surface area contributed by atoms with E-state index in [1.807, 2.05) is 30.3 Å². The van der Waals surface area contributed by atoms with Gasteiger partial charge in [0.25, 0.3) is 0 Å². The maximum atomic E-state index is 10.4. The summed E-state index contributed by atoms with van der Waals surface area (Å²) in [5.74, 6) is 0.697. The minimum atomic E-state index is -1.40. The van der Waals surface area contributed by atoms with Gasteiger partial charge in [0, 0.05) is 12.1 Å². The van der Waals surface area contributed by atoms with Crippen molar-refractivity contribution in [3.63, 3.8) is 0 Å². The fourth-order valence-corrected chi connectivity index (χ4v) is 3.57. The molecule has 1 heterocycles. The van der Waals surface area contributed by atoms with Gasteiger partial charge in [-0.25, -0.2) is 0 Å². The van der Waals surface area contributed by atoms with Crippen molar-refractivity contribution in [2.75, 3.05) is 20.8 Å². The molecule has 0 bridgehead atoms. The average Bonchev–Trinajstić information content (AvgIpc) is 2.78. The lowest BCUT2D eigenvalue weighted by Crippen LogP contribution is -2.54. The van der Waals surface area contributed by atoms with Gasteiger partial charge >= 0.3 is 0 Å². The van der Waals surface area contributed by atoms with Crippen LogP contribution in [0, 0.1) is 0 Å². The summed E-state index contributed by atoms with van der Waals surface area (Å²) in [4.78, 5) is 4.58. The molecule has 0 aromatic heterocycles. The normalized spacial score (nSPS) is 26.2. The number of rotatable bonds is 8. The second kappa shape index (κ2) is 10.9. The van der Waals surface area contributed by atoms with Gasteiger partial charge in [0.05, 0.1) is 6.21 Å². The second-order valence-electron chi connectivity index (χ2n) is 7.09. The van der Waals surface area contributed by atoms with E-state index < -0.39 is 30.7 Å². The summed E-state index contributed by atoms with van der Waals surface area (Å²) in [5.41, 5.74) is 2.45. The molecule has 1 aliphatic heterocycles. The van der Waals surface area contributed by atoms with Crippen molar-refractivity contribution >= 4 is 17.8 Å². The SMILES string of the molecule is CON=CCOc1ccc(Cc2cc([C@@H]3O[C@H](OC)[C@@H](O)[C@H](O)[C@H]3O)ccc2Cl)cc1. The predicted molar refractivity (Wildman–Crippen MR) is 114 cm³/mol. The van der Waals surface area contributed by atoms with E-state index in [-0.39, 0.29) is 0 Å². The van der Waals surface area contributed by atoms with Crippen LogP contribution in [-0.2, 0) is 20.7 Å². The molecule has 168 valence electrons. The molecular weight excluding hydrogens is 426 g/mol. The van der Waals surface area contributed by atoms with Crippen LogP contribution in [0.3, 0.4) is 0 Å². The Kier molecular flexibility index (Phi) is 8.25. The number of methoxy groups -OCH3 is 1. The van der Waals surface area contributed by atoms with Gasteiger partial charge in [0.2, 0.25) is 0 Å². The fraction of sp³-hybridized carbons (Fsp3) is 0.409. The third kappa shape index (κ3) is 5.74. The summed E-state index contributed by atoms with van der Waals surface area (Å²) in [6, 6.07) is 12.8. The van der Waals surface area contributed by atoms with Crippen LogP contribution in [-0.4, -0.2) is 67.0 Å². The highest BCUT2D eigenvalue weighted by molar-refractivity contribution is 6.31. The maximum absolute atomic E-state index is 10.4. The molecule has 8 nitrogen and oxygen atoms in total. The minimum absolute atomic E-state index is 0.299. The molecule has 9 heteroatoms. The summed E-state index contributed by atoms with van der Waals surface area (Å²) in [7, 11) is 2.83. The third-order valence-electron chi connectivity index (χ3n) is 5.02. The van der Waals surface area contributed by atoms with E-state index in [0.717, 1.165) is 11.1 Å². The molecule has 3 N–H and O–H groups in total. The number of ether oxygens (including phenoxy) is 3. The van der Waals surface area contributed by atoms with E-state index in [9.17, 15) is 15.3 Å². The van der Waals surface area contributed by atoms with E-state index in [1.54, 1.807) is 12.1 Å². The Morgan fingerprint density at radius 1 is 1.03 bits per heavy atom. The molecule has 1 aliphatic rings. The van der Waals surface area contributed by atoms with Gasteiger partial charge in [0.15, 0.2) is 6.29 Å². The second-order valence-corrected chi connectivity index (χ2v) is 7.49. The first-order chi connectivity index (χ1) is 14.9. The van der Waals surface area contributed by atoms with E-state index in [1.165, 1.54) is 20.4 Å². The van der Waals surface area contributed by atoms with E-state index in [2.05, 4.69) is 9.99 Å². The molecule has 2 aromatic carbocycles. The van der Waals surface area contributed by atoms with E-state index in [0.29, 0.717) is 29.4 Å². The van der Waals surface area contributed by atoms with Gasteiger partial charge in [-0.2, -0.15) is 0 Å². The third-order valence-corrected chi connectivity index (χ3v) is 5.39. The topological polar surface area (TPSA) is 110 Å². The molecule has 0 radical (unpaired) electrons. The standard InChI is InChI=1S/C22H26ClNO7/c1-28-22-20(27)18(25)19(26)21(31-22)14-5-8-17(23)15(12-14)11-13-3-6-16(7-4-13)30-10-9-24-29-2/h3-9,12,18-22,25-27H,10-11H2,1-2H3/t18-,19-,20+,21+,22+/m1/s1. The van der Waals surface area contributed by atoms with Gasteiger partial charge in [0.1, 0.15) is 43.9 Å². The van der Waals surface area contributed by atoms with Gasteiger partial charge in [-0.05, 0) is 41.3 Å². The molecule has 0 aliphatic carbocycles. The Balaban J connectivity index is 1.73. The van der Waals surface area contributed by atoms with Crippen LogP contribution in [0.15, 0.2) is 47.6 Å². The molecular formula is C22H26ClNO7. The van der Waals surface area contributed by atoms with Crippen molar-refractivity contribution in [2.24, 2.45) is 5.16 Å². The van der Waals surface area contributed by atoms with Gasteiger partial charge in [-0.3, -0.25) is 0 Å². The molecule has 2 aromatic rings. The van der Waals surface area contributed by atoms with Gasteiger partial charge in [-0.15, -0.1) is 0 Å². The highest BCUT2D eigenvalue weighted by Gasteiger charge is 2.44. The smallest absolute Gasteiger partial charge is 0.186 e. The fourth-order valence-electron chi connectivity index (χ4n) is 3.39. The highest BCUT2D eigenvalue weighted by Crippen LogP contribution is 2.34. The average molecular weight is 452 g/mol. The minimum Gasteiger partial charge on any atom is -0.488 e. The number of benzene rings is 2. The summed E-state index contributed by atoms with van der Waals surface area (Å²) in [6.07, 6.45) is -3.92. The summed E-state index contributed by atoms with van der Waals surface area (Å²) < 4.78 is 16.3. The first-order valence-corrected chi connectivity index (χ1v) is 10.1. The van der Waals surface area contributed by atoms with Crippen molar-refractivity contribution in [2.45, 2.75) is 37.1 Å². The summed E-state index contributed by atoms with van der Waals surface area (Å²) in [6.45, 7) is 0.299. The largest absolute Gasteiger partial charge is 0.488 e. The van der Waals surface area contributed by atoms with E-state index >= 15 is 0 Å². The Morgan fingerprint density at radius 3 is 2.45 bits per heavy atom. The molecule has 0 amide bonds. The van der Waals surface area contributed by atoms with Crippen LogP contribution in [0.2, 0.25) is 5.02 Å². The zero-order chi connectivity index (χ0) is 22.4. The number of hydrogen-bond donors (Lipinski definition) is 3. The number of oxime groups is 1. The van der Waals surface area contributed by atoms with Crippen LogP contribution >= 0.6 is 11.6 Å². The van der Waals surface area contributed by atoms with Crippen molar-refractivity contribution in [1.29, 1.82) is 0 Å². The lowest BCUT2D eigenvalue weighted by Gasteiger charge is -2.40. The molecule has 0 saturated carbocycles. The molecule has 1 saturated heterocycles. The predicted octanol–water partition coefficient (Wildman–Crippen LogP) is 2.07.